The number of benzene rings is 2. The van der Waals surface area contributed by atoms with Crippen molar-refractivity contribution in [2.75, 3.05) is 5.32 Å². The largest absolute Gasteiger partial charge is 0.322 e. The minimum Gasteiger partial charge on any atom is -0.322 e. The first-order chi connectivity index (χ1) is 18.1. The Hall–Kier alpha value is -4.46. The van der Waals surface area contributed by atoms with E-state index >= 15 is 0 Å². The molecule has 1 N–H and O–H groups in total. The number of nitrogens with one attached hydrogen (secondary N) is 1. The predicted molar refractivity (Wildman–Crippen MR) is 128 cm³/mol. The Bertz CT molecular complexity index is 1740. The van der Waals surface area contributed by atoms with Gasteiger partial charge in [0.15, 0.2) is 11.6 Å². The van der Waals surface area contributed by atoms with Gasteiger partial charge in [-0.1, -0.05) is 12.1 Å². The van der Waals surface area contributed by atoms with Crippen LogP contribution in [0.4, 0.5) is 18.9 Å². The number of nitrogens with zero attached hydrogens (tertiary/aromatic N) is 3. The molecule has 5 aromatic rings. The van der Waals surface area contributed by atoms with E-state index in [1.807, 2.05) is 0 Å². The lowest BCUT2D eigenvalue weighted by Gasteiger charge is -2.11. The summed E-state index contributed by atoms with van der Waals surface area (Å²) < 4.78 is 67.9. The third-order valence-corrected chi connectivity index (χ3v) is 5.58. The highest BCUT2D eigenvalue weighted by Gasteiger charge is 2.18. The Morgan fingerprint density at radius 2 is 1.80 bits per heavy atom. The first-order valence-corrected chi connectivity index (χ1v) is 10.5. The number of carbonyl (C=O) groups is 1. The van der Waals surface area contributed by atoms with E-state index in [9.17, 15) is 18.0 Å². The number of anilines is 1. The third kappa shape index (κ3) is 4.03. The molecule has 0 unspecified atom stereocenters. The molecule has 0 bridgehead atoms. The summed E-state index contributed by atoms with van der Waals surface area (Å²) in [6.07, 6.45) is 4.71. The van der Waals surface area contributed by atoms with Crippen LogP contribution in [-0.4, -0.2) is 20.3 Å². The first-order valence-electron chi connectivity index (χ1n) is 12.0. The van der Waals surface area contributed by atoms with Crippen LogP contribution < -0.4 is 5.32 Å². The van der Waals surface area contributed by atoms with Crippen LogP contribution in [0, 0.1) is 31.3 Å². The van der Waals surface area contributed by atoms with Crippen LogP contribution in [0.3, 0.4) is 0 Å². The Labute approximate surface area is 203 Å². The summed E-state index contributed by atoms with van der Waals surface area (Å²) in [7, 11) is 0. The Morgan fingerprint density at radius 1 is 1.00 bits per heavy atom. The van der Waals surface area contributed by atoms with Crippen molar-refractivity contribution >= 4 is 17.1 Å². The van der Waals surface area contributed by atoms with Gasteiger partial charge in [0.1, 0.15) is 11.6 Å². The molecule has 5 rings (SSSR count). The van der Waals surface area contributed by atoms with Crippen molar-refractivity contribution in [3.8, 4) is 22.5 Å². The Balaban J connectivity index is 1.57. The van der Waals surface area contributed by atoms with E-state index in [0.717, 1.165) is 6.07 Å². The lowest BCUT2D eigenvalue weighted by atomic mass is 10.0. The van der Waals surface area contributed by atoms with Crippen molar-refractivity contribution in [1.29, 1.82) is 0 Å². The van der Waals surface area contributed by atoms with E-state index in [4.69, 9.17) is 4.11 Å². The molecule has 0 radical (unpaired) electrons. The maximum Gasteiger partial charge on any atom is 0.257 e. The number of carbonyl (C=O) groups excluding carboxylic acids is 1. The van der Waals surface area contributed by atoms with Crippen LogP contribution in [0.25, 0.3) is 28.0 Å². The van der Waals surface area contributed by atoms with Crippen molar-refractivity contribution in [2.45, 2.75) is 13.8 Å². The summed E-state index contributed by atoms with van der Waals surface area (Å²) in [6.45, 7) is 2.91. The molecule has 0 aliphatic rings. The van der Waals surface area contributed by atoms with E-state index in [2.05, 4.69) is 15.3 Å². The zero-order valence-electron chi connectivity index (χ0n) is 21.6. The summed E-state index contributed by atoms with van der Waals surface area (Å²) in [5, 5.41) is 2.46. The molecule has 0 saturated carbocycles. The highest BCUT2D eigenvalue weighted by molar-refractivity contribution is 6.06. The number of imidazole rings is 1. The van der Waals surface area contributed by atoms with Crippen LogP contribution in [0.15, 0.2) is 73.1 Å². The maximum absolute atomic E-state index is 14.5. The number of hydrogen-bond acceptors (Lipinski definition) is 3. The topological polar surface area (TPSA) is 59.3 Å². The monoisotopic (exact) mass is 475 g/mol. The average Bonchev–Trinajstić information content (AvgIpc) is 3.35. The van der Waals surface area contributed by atoms with Gasteiger partial charge in [0, 0.05) is 29.2 Å². The van der Waals surface area contributed by atoms with Crippen molar-refractivity contribution in [2.24, 2.45) is 0 Å². The summed E-state index contributed by atoms with van der Waals surface area (Å²) in [5.74, 6) is -3.48. The van der Waals surface area contributed by atoms with E-state index < -0.39 is 35.4 Å². The van der Waals surface area contributed by atoms with E-state index in [-0.39, 0.29) is 34.2 Å². The molecule has 0 spiro atoms. The van der Waals surface area contributed by atoms with Crippen molar-refractivity contribution in [3.05, 3.63) is 107 Å². The van der Waals surface area contributed by atoms with Crippen molar-refractivity contribution in [1.82, 2.24) is 14.4 Å². The van der Waals surface area contributed by atoms with Gasteiger partial charge in [0.2, 0.25) is 0 Å². The second-order valence-corrected chi connectivity index (χ2v) is 7.86. The lowest BCUT2D eigenvalue weighted by molar-refractivity contribution is 0.102. The fraction of sp³-hybridized carbons (Fsp3) is 0.0741. The van der Waals surface area contributed by atoms with Crippen LogP contribution >= 0.6 is 0 Å². The molecule has 35 heavy (non-hydrogen) atoms. The van der Waals surface area contributed by atoms with Gasteiger partial charge in [0.25, 0.3) is 5.91 Å². The molecule has 3 heterocycles. The molecule has 1 amide bonds. The first kappa shape index (κ1) is 18.9. The van der Waals surface area contributed by atoms with E-state index in [1.54, 1.807) is 41.9 Å². The molecular formula is C27H19F3N4O. The molecule has 0 aliphatic carbocycles. The molecule has 3 aromatic heterocycles. The maximum atomic E-state index is 14.5. The van der Waals surface area contributed by atoms with Gasteiger partial charge in [-0.25, -0.2) is 18.2 Å². The van der Waals surface area contributed by atoms with Crippen molar-refractivity contribution in [3.63, 3.8) is 0 Å². The van der Waals surface area contributed by atoms with Gasteiger partial charge in [-0.15, -0.1) is 0 Å². The number of aromatic nitrogens is 3. The molecule has 5 nitrogen and oxygen atoms in total. The summed E-state index contributed by atoms with van der Waals surface area (Å²) in [6, 6.07) is 7.16. The smallest absolute Gasteiger partial charge is 0.257 e. The summed E-state index contributed by atoms with van der Waals surface area (Å²) in [4.78, 5) is 21.8. The number of halogens is 3. The number of hydrogen-bond donors (Lipinski definition) is 1. The lowest BCUT2D eigenvalue weighted by Crippen LogP contribution is -2.14. The molecule has 0 fully saturated rings. The van der Waals surface area contributed by atoms with Crippen LogP contribution in [0.1, 0.15) is 25.7 Å². The quantitative estimate of drug-likeness (QED) is 0.330. The number of rotatable bonds is 4. The Kier molecular flexibility index (Phi) is 4.71. The van der Waals surface area contributed by atoms with Crippen LogP contribution in [-0.2, 0) is 0 Å². The second-order valence-electron chi connectivity index (χ2n) is 7.86. The molecule has 8 heteroatoms. The van der Waals surface area contributed by atoms with Crippen LogP contribution in [0.5, 0.6) is 0 Å². The molecule has 174 valence electrons. The predicted octanol–water partition coefficient (Wildman–Crippen LogP) is 6.35. The fourth-order valence-electron chi connectivity index (χ4n) is 3.78. The minimum atomic E-state index is -1.02. The van der Waals surface area contributed by atoms with Gasteiger partial charge in [-0.3, -0.25) is 14.2 Å². The number of pyridine rings is 2. The summed E-state index contributed by atoms with van der Waals surface area (Å²) >= 11 is 0. The van der Waals surface area contributed by atoms with E-state index in [0.29, 0.717) is 22.3 Å². The average molecular weight is 475 g/mol. The highest BCUT2D eigenvalue weighted by Crippen LogP contribution is 2.30. The van der Waals surface area contributed by atoms with Crippen molar-refractivity contribution < 1.29 is 22.1 Å². The van der Waals surface area contributed by atoms with Gasteiger partial charge in [0.05, 0.1) is 32.6 Å². The Morgan fingerprint density at radius 3 is 2.63 bits per heavy atom. The number of amides is 1. The standard InChI is InChI=1S/C27H19F3N4O/c1-15-11-18(8-9-22(15)28)33-27(35)21-12-17(13-31-16(21)2)19-6-4-10-34-24(19)14-32-26(34)20-5-3-7-23(29)25(20)30/h3-14H,1-2H3,(H,33,35)/i8D,9D,11D. The van der Waals surface area contributed by atoms with Gasteiger partial charge < -0.3 is 5.32 Å². The second kappa shape index (κ2) is 8.72. The zero-order valence-corrected chi connectivity index (χ0v) is 18.6. The number of fused-ring (bicyclic) bond motifs is 1. The minimum absolute atomic E-state index is 0.00926. The fourth-order valence-corrected chi connectivity index (χ4v) is 3.78. The zero-order chi connectivity index (χ0) is 27.3. The highest BCUT2D eigenvalue weighted by atomic mass is 19.2. The van der Waals surface area contributed by atoms with Crippen LogP contribution in [0.2, 0.25) is 0 Å². The third-order valence-electron chi connectivity index (χ3n) is 5.58. The van der Waals surface area contributed by atoms with Gasteiger partial charge in [-0.2, -0.15) is 0 Å². The van der Waals surface area contributed by atoms with E-state index in [1.165, 1.54) is 25.3 Å². The molecule has 0 atom stereocenters. The normalized spacial score (nSPS) is 12.3. The summed E-state index contributed by atoms with van der Waals surface area (Å²) in [5.41, 5.74) is 1.74. The SMILES string of the molecule is [2H]c1c([2H])c(NC(=O)c2cc(-c3cccn4c(-c5cccc(F)c5F)ncc34)cnc2C)c([2H])c(C)c1F. The number of aryl methyl sites for hydroxylation is 1. The van der Waals surface area contributed by atoms with Gasteiger partial charge >= 0.3 is 0 Å². The molecular weight excluding hydrogens is 453 g/mol. The molecule has 2 aromatic carbocycles. The molecule has 0 aliphatic heterocycles. The molecule has 0 saturated heterocycles. The van der Waals surface area contributed by atoms with Gasteiger partial charge in [-0.05, 0) is 61.8 Å².